The third-order valence-corrected chi connectivity index (χ3v) is 4.00. The van der Waals surface area contributed by atoms with E-state index in [0.29, 0.717) is 27.2 Å². The van der Waals surface area contributed by atoms with Crippen LogP contribution in [-0.2, 0) is 4.79 Å². The Kier molecular flexibility index (Phi) is 6.85. The standard InChI is InChI=1S/C18H20BrN3O4/c1-11(21-14-6-4-5-7-15(14)25-2)18(24)22-20-10-12-8-13(19)9-16(26-3)17(12)23/h4-11,21,23H,1-3H3,(H,22,24)/b20-10+. The van der Waals surface area contributed by atoms with Crippen LogP contribution in [0, 0.1) is 0 Å². The summed E-state index contributed by atoms with van der Waals surface area (Å²) in [5, 5.41) is 17.0. The fourth-order valence-electron chi connectivity index (χ4n) is 2.17. The first-order valence-electron chi connectivity index (χ1n) is 7.75. The summed E-state index contributed by atoms with van der Waals surface area (Å²) in [5.74, 6) is 0.544. The molecule has 7 nitrogen and oxygen atoms in total. The largest absolute Gasteiger partial charge is 0.504 e. The first kappa shape index (κ1) is 19.6. The highest BCUT2D eigenvalue weighted by Gasteiger charge is 2.14. The van der Waals surface area contributed by atoms with Gasteiger partial charge in [0.05, 0.1) is 26.1 Å². The number of hydrogen-bond donors (Lipinski definition) is 3. The molecule has 0 spiro atoms. The first-order chi connectivity index (χ1) is 12.5. The Bertz CT molecular complexity index is 811. The summed E-state index contributed by atoms with van der Waals surface area (Å²) in [6, 6.07) is 10.0. The molecular formula is C18H20BrN3O4. The molecule has 0 bridgehead atoms. The van der Waals surface area contributed by atoms with Crippen LogP contribution in [0.15, 0.2) is 46.0 Å². The summed E-state index contributed by atoms with van der Waals surface area (Å²) >= 11 is 3.32. The molecule has 2 rings (SSSR count). The summed E-state index contributed by atoms with van der Waals surface area (Å²) in [4.78, 5) is 12.2. The van der Waals surface area contributed by atoms with E-state index < -0.39 is 6.04 Å². The van der Waals surface area contributed by atoms with Crippen LogP contribution in [0.5, 0.6) is 17.2 Å². The van der Waals surface area contributed by atoms with E-state index in [1.54, 1.807) is 32.2 Å². The molecule has 0 saturated carbocycles. The molecule has 26 heavy (non-hydrogen) atoms. The van der Waals surface area contributed by atoms with Crippen molar-refractivity contribution in [1.29, 1.82) is 0 Å². The number of hydrazone groups is 1. The van der Waals surface area contributed by atoms with E-state index in [-0.39, 0.29) is 11.7 Å². The minimum absolute atomic E-state index is 0.0612. The maximum Gasteiger partial charge on any atom is 0.262 e. The second kappa shape index (κ2) is 9.10. The van der Waals surface area contributed by atoms with Gasteiger partial charge in [0, 0.05) is 10.0 Å². The fourth-order valence-corrected chi connectivity index (χ4v) is 2.63. The quantitative estimate of drug-likeness (QED) is 0.471. The molecule has 2 aromatic rings. The van der Waals surface area contributed by atoms with Gasteiger partial charge in [0.2, 0.25) is 0 Å². The molecule has 1 amide bonds. The molecule has 0 aliphatic heterocycles. The maximum atomic E-state index is 12.2. The van der Waals surface area contributed by atoms with Gasteiger partial charge in [-0.1, -0.05) is 28.1 Å². The summed E-state index contributed by atoms with van der Waals surface area (Å²) in [7, 11) is 3.02. The van der Waals surface area contributed by atoms with Gasteiger partial charge in [0.15, 0.2) is 11.5 Å². The van der Waals surface area contributed by atoms with Crippen molar-refractivity contribution in [3.05, 3.63) is 46.4 Å². The van der Waals surface area contributed by atoms with Gasteiger partial charge in [-0.3, -0.25) is 4.79 Å². The number of nitrogens with zero attached hydrogens (tertiary/aromatic N) is 1. The second-order valence-electron chi connectivity index (χ2n) is 5.35. The number of halogens is 1. The highest BCUT2D eigenvalue weighted by molar-refractivity contribution is 9.10. The first-order valence-corrected chi connectivity index (χ1v) is 8.54. The fraction of sp³-hybridized carbons (Fsp3) is 0.222. The van der Waals surface area contributed by atoms with Crippen LogP contribution in [0.1, 0.15) is 12.5 Å². The number of para-hydroxylation sites is 2. The number of aromatic hydroxyl groups is 1. The SMILES string of the molecule is COc1ccccc1NC(C)C(=O)N/N=C/c1cc(Br)cc(OC)c1O. The molecule has 0 radical (unpaired) electrons. The molecule has 0 fully saturated rings. The average Bonchev–Trinajstić information content (AvgIpc) is 2.64. The smallest absolute Gasteiger partial charge is 0.262 e. The lowest BCUT2D eigenvalue weighted by atomic mass is 10.2. The lowest BCUT2D eigenvalue weighted by Crippen LogP contribution is -2.35. The van der Waals surface area contributed by atoms with E-state index in [4.69, 9.17) is 9.47 Å². The van der Waals surface area contributed by atoms with Gasteiger partial charge in [-0.15, -0.1) is 0 Å². The van der Waals surface area contributed by atoms with E-state index in [2.05, 4.69) is 31.8 Å². The van der Waals surface area contributed by atoms with Crippen molar-refractivity contribution in [3.8, 4) is 17.2 Å². The van der Waals surface area contributed by atoms with Crippen molar-refractivity contribution in [2.75, 3.05) is 19.5 Å². The molecule has 0 aliphatic carbocycles. The van der Waals surface area contributed by atoms with Crippen molar-refractivity contribution in [1.82, 2.24) is 5.43 Å². The van der Waals surface area contributed by atoms with Gasteiger partial charge in [0.25, 0.3) is 5.91 Å². The maximum absolute atomic E-state index is 12.2. The molecule has 0 heterocycles. The normalized spacial score (nSPS) is 11.8. The number of nitrogens with one attached hydrogen (secondary N) is 2. The van der Waals surface area contributed by atoms with Gasteiger partial charge in [-0.2, -0.15) is 5.10 Å². The van der Waals surface area contributed by atoms with Gasteiger partial charge < -0.3 is 19.9 Å². The number of anilines is 1. The Hall–Kier alpha value is -2.74. The van der Waals surface area contributed by atoms with Gasteiger partial charge >= 0.3 is 0 Å². The van der Waals surface area contributed by atoms with Crippen LogP contribution in [0.25, 0.3) is 0 Å². The lowest BCUT2D eigenvalue weighted by Gasteiger charge is -2.15. The Morgan fingerprint density at radius 2 is 1.92 bits per heavy atom. The molecule has 2 aromatic carbocycles. The number of hydrogen-bond acceptors (Lipinski definition) is 6. The highest BCUT2D eigenvalue weighted by atomic mass is 79.9. The monoisotopic (exact) mass is 421 g/mol. The zero-order valence-corrected chi connectivity index (χ0v) is 16.2. The van der Waals surface area contributed by atoms with Gasteiger partial charge in [-0.05, 0) is 31.2 Å². The number of methoxy groups -OCH3 is 2. The van der Waals surface area contributed by atoms with Crippen LogP contribution in [-0.4, -0.2) is 37.5 Å². The van der Waals surface area contributed by atoms with E-state index in [9.17, 15) is 9.90 Å². The van der Waals surface area contributed by atoms with Crippen molar-refractivity contribution in [2.24, 2.45) is 5.10 Å². The number of rotatable bonds is 7. The summed E-state index contributed by atoms with van der Waals surface area (Å²) in [6.45, 7) is 1.71. The van der Waals surface area contributed by atoms with E-state index in [0.717, 1.165) is 0 Å². The van der Waals surface area contributed by atoms with Crippen molar-refractivity contribution in [2.45, 2.75) is 13.0 Å². The third-order valence-electron chi connectivity index (χ3n) is 3.54. The van der Waals surface area contributed by atoms with Crippen LogP contribution in [0.2, 0.25) is 0 Å². The Balaban J connectivity index is 2.02. The average molecular weight is 422 g/mol. The zero-order valence-electron chi connectivity index (χ0n) is 14.6. The minimum Gasteiger partial charge on any atom is -0.504 e. The Labute approximate surface area is 160 Å². The van der Waals surface area contributed by atoms with Crippen LogP contribution in [0.4, 0.5) is 5.69 Å². The summed E-state index contributed by atoms with van der Waals surface area (Å²) in [5.41, 5.74) is 3.54. The summed E-state index contributed by atoms with van der Waals surface area (Å²) < 4.78 is 11.0. The molecule has 1 atom stereocenters. The number of carbonyl (C=O) groups is 1. The highest BCUT2D eigenvalue weighted by Crippen LogP contribution is 2.32. The van der Waals surface area contributed by atoms with E-state index >= 15 is 0 Å². The van der Waals surface area contributed by atoms with Crippen LogP contribution in [0.3, 0.4) is 0 Å². The number of phenols is 1. The second-order valence-corrected chi connectivity index (χ2v) is 6.26. The zero-order chi connectivity index (χ0) is 19.1. The van der Waals surface area contributed by atoms with Gasteiger partial charge in [0.1, 0.15) is 11.8 Å². The molecular weight excluding hydrogens is 402 g/mol. The van der Waals surface area contributed by atoms with Crippen molar-refractivity contribution in [3.63, 3.8) is 0 Å². The molecule has 3 N–H and O–H groups in total. The topological polar surface area (TPSA) is 92.2 Å². The predicted octanol–water partition coefficient (Wildman–Crippen LogP) is 3.12. The number of carbonyl (C=O) groups excluding carboxylic acids is 1. The summed E-state index contributed by atoms with van der Waals surface area (Å²) in [6.07, 6.45) is 1.34. The molecule has 0 saturated heterocycles. The van der Waals surface area contributed by atoms with E-state index in [1.807, 2.05) is 18.2 Å². The Morgan fingerprint density at radius 1 is 1.23 bits per heavy atom. The Morgan fingerprint density at radius 3 is 2.62 bits per heavy atom. The van der Waals surface area contributed by atoms with Crippen LogP contribution < -0.4 is 20.2 Å². The van der Waals surface area contributed by atoms with Crippen LogP contribution >= 0.6 is 15.9 Å². The predicted molar refractivity (Wildman–Crippen MR) is 104 cm³/mol. The molecule has 8 heteroatoms. The van der Waals surface area contributed by atoms with Gasteiger partial charge in [-0.25, -0.2) is 5.43 Å². The molecule has 0 aromatic heterocycles. The number of amides is 1. The molecule has 0 aliphatic rings. The number of benzene rings is 2. The van der Waals surface area contributed by atoms with E-state index in [1.165, 1.54) is 13.3 Å². The molecule has 1 unspecified atom stereocenters. The number of ether oxygens (including phenoxy) is 2. The van der Waals surface area contributed by atoms with Crippen molar-refractivity contribution >= 4 is 33.7 Å². The minimum atomic E-state index is -0.547. The third kappa shape index (κ3) is 4.89. The number of phenolic OH excluding ortho intramolecular Hbond substituents is 1. The molecule has 138 valence electrons. The lowest BCUT2D eigenvalue weighted by molar-refractivity contribution is -0.121. The van der Waals surface area contributed by atoms with Crippen molar-refractivity contribution < 1.29 is 19.4 Å².